The molecule has 0 radical (unpaired) electrons. The van der Waals surface area contributed by atoms with Gasteiger partial charge in [-0.2, -0.15) is 0 Å². The Morgan fingerprint density at radius 2 is 2.00 bits per heavy atom. The Hall–Kier alpha value is -0.370. The molecule has 2 heteroatoms. The van der Waals surface area contributed by atoms with Crippen LogP contribution in [-0.2, 0) is 4.79 Å². The van der Waals surface area contributed by atoms with Crippen molar-refractivity contribution >= 4 is 5.78 Å². The van der Waals surface area contributed by atoms with E-state index in [1.807, 2.05) is 20.8 Å². The molecule has 0 spiro atoms. The predicted octanol–water partition coefficient (Wildman–Crippen LogP) is 1.55. The van der Waals surface area contributed by atoms with Gasteiger partial charge in [0.2, 0.25) is 0 Å². The molecule has 0 unspecified atom stereocenters. The summed E-state index contributed by atoms with van der Waals surface area (Å²) in [5.74, 6) is 0.710. The third-order valence-corrected chi connectivity index (χ3v) is 2.50. The van der Waals surface area contributed by atoms with Crippen LogP contribution >= 0.6 is 0 Å². The molecular weight excluding hydrogens is 150 g/mol. The standard InChI is InChI=1S/C10H19NO/c1-10(2,3)9(12)8-5-6-11(4)7-8/h8H,5-7H2,1-4H3/t8-/m0/s1. The summed E-state index contributed by atoms with van der Waals surface area (Å²) in [6.45, 7) is 8.05. The zero-order chi connectivity index (χ0) is 9.35. The first kappa shape index (κ1) is 9.72. The van der Waals surface area contributed by atoms with Crippen LogP contribution in [0.3, 0.4) is 0 Å². The molecule has 2 nitrogen and oxygen atoms in total. The van der Waals surface area contributed by atoms with Crippen LogP contribution in [0.2, 0.25) is 0 Å². The monoisotopic (exact) mass is 169 g/mol. The van der Waals surface area contributed by atoms with Crippen molar-refractivity contribution in [2.45, 2.75) is 27.2 Å². The Kier molecular flexibility index (Phi) is 2.57. The van der Waals surface area contributed by atoms with E-state index in [0.29, 0.717) is 5.78 Å². The first-order chi connectivity index (χ1) is 5.41. The summed E-state index contributed by atoms with van der Waals surface area (Å²) in [5.41, 5.74) is -0.157. The maximum Gasteiger partial charge on any atom is 0.142 e. The fourth-order valence-electron chi connectivity index (χ4n) is 1.76. The van der Waals surface area contributed by atoms with E-state index >= 15 is 0 Å². The van der Waals surface area contributed by atoms with Crippen LogP contribution in [0.1, 0.15) is 27.2 Å². The highest BCUT2D eigenvalue weighted by atomic mass is 16.1. The third-order valence-electron chi connectivity index (χ3n) is 2.50. The minimum atomic E-state index is -0.157. The molecule has 12 heavy (non-hydrogen) atoms. The molecule has 70 valence electrons. The van der Waals surface area contributed by atoms with E-state index in [0.717, 1.165) is 19.5 Å². The van der Waals surface area contributed by atoms with Crippen LogP contribution in [0.25, 0.3) is 0 Å². The number of Topliss-reactive ketones (excluding diaryl/α,β-unsaturated/α-hetero) is 1. The molecule has 0 aromatic carbocycles. The molecule has 0 saturated carbocycles. The van der Waals surface area contributed by atoms with Gasteiger partial charge in [0.25, 0.3) is 0 Å². The second-order valence-electron chi connectivity index (χ2n) is 4.86. The van der Waals surface area contributed by atoms with Crippen LogP contribution in [0.15, 0.2) is 0 Å². The fourth-order valence-corrected chi connectivity index (χ4v) is 1.76. The topological polar surface area (TPSA) is 20.3 Å². The van der Waals surface area contributed by atoms with Crippen LogP contribution in [0.4, 0.5) is 0 Å². The summed E-state index contributed by atoms with van der Waals surface area (Å²) in [6.07, 6.45) is 1.05. The van der Waals surface area contributed by atoms with Gasteiger partial charge in [0.15, 0.2) is 0 Å². The molecule has 1 fully saturated rings. The summed E-state index contributed by atoms with van der Waals surface area (Å²) >= 11 is 0. The average molecular weight is 169 g/mol. The molecule has 1 saturated heterocycles. The van der Waals surface area contributed by atoms with Gasteiger partial charge >= 0.3 is 0 Å². The minimum Gasteiger partial charge on any atom is -0.306 e. The summed E-state index contributed by atoms with van der Waals surface area (Å²) < 4.78 is 0. The van der Waals surface area contributed by atoms with Crippen molar-refractivity contribution in [3.63, 3.8) is 0 Å². The zero-order valence-electron chi connectivity index (χ0n) is 8.55. The first-order valence-corrected chi connectivity index (χ1v) is 4.64. The maximum atomic E-state index is 11.8. The molecule has 0 aromatic rings. The lowest BCUT2D eigenvalue weighted by atomic mass is 9.83. The molecule has 0 aliphatic carbocycles. The summed E-state index contributed by atoms with van der Waals surface area (Å²) in [6, 6.07) is 0. The summed E-state index contributed by atoms with van der Waals surface area (Å²) in [7, 11) is 2.08. The van der Waals surface area contributed by atoms with E-state index in [2.05, 4.69) is 11.9 Å². The molecular formula is C10H19NO. The van der Waals surface area contributed by atoms with Gasteiger partial charge in [-0.3, -0.25) is 4.79 Å². The van der Waals surface area contributed by atoms with Crippen molar-refractivity contribution in [1.29, 1.82) is 0 Å². The number of carbonyl (C=O) groups is 1. The number of rotatable bonds is 1. The van der Waals surface area contributed by atoms with Gasteiger partial charge in [-0.05, 0) is 20.0 Å². The van der Waals surface area contributed by atoms with Gasteiger partial charge in [-0.15, -0.1) is 0 Å². The molecule has 0 aromatic heterocycles. The lowest BCUT2D eigenvalue weighted by Crippen LogP contribution is -2.29. The van der Waals surface area contributed by atoms with E-state index in [1.54, 1.807) is 0 Å². The largest absolute Gasteiger partial charge is 0.306 e. The van der Waals surface area contributed by atoms with E-state index in [4.69, 9.17) is 0 Å². The van der Waals surface area contributed by atoms with Crippen molar-refractivity contribution in [3.05, 3.63) is 0 Å². The SMILES string of the molecule is CN1CC[C@H](C(=O)C(C)(C)C)C1. The second kappa shape index (κ2) is 3.17. The van der Waals surface area contributed by atoms with Crippen molar-refractivity contribution < 1.29 is 4.79 Å². The van der Waals surface area contributed by atoms with Gasteiger partial charge in [0.05, 0.1) is 0 Å². The number of hydrogen-bond donors (Lipinski definition) is 0. The van der Waals surface area contributed by atoms with Gasteiger partial charge in [0.1, 0.15) is 5.78 Å². The number of ketones is 1. The number of nitrogens with zero attached hydrogens (tertiary/aromatic N) is 1. The van der Waals surface area contributed by atoms with E-state index in [9.17, 15) is 4.79 Å². The minimum absolute atomic E-state index is 0.157. The number of carbonyl (C=O) groups excluding carboxylic acids is 1. The molecule has 0 amide bonds. The van der Waals surface area contributed by atoms with Crippen molar-refractivity contribution in [2.75, 3.05) is 20.1 Å². The molecule has 1 atom stereocenters. The molecule has 1 rings (SSSR count). The maximum absolute atomic E-state index is 11.8. The quantitative estimate of drug-likeness (QED) is 0.593. The molecule has 1 aliphatic heterocycles. The lowest BCUT2D eigenvalue weighted by Gasteiger charge is -2.21. The van der Waals surface area contributed by atoms with E-state index in [1.165, 1.54) is 0 Å². The third kappa shape index (κ3) is 2.07. The van der Waals surface area contributed by atoms with Gasteiger partial charge < -0.3 is 4.90 Å². The van der Waals surface area contributed by atoms with E-state index in [-0.39, 0.29) is 11.3 Å². The highest BCUT2D eigenvalue weighted by Crippen LogP contribution is 2.25. The van der Waals surface area contributed by atoms with Crippen LogP contribution in [-0.4, -0.2) is 30.8 Å². The van der Waals surface area contributed by atoms with Crippen LogP contribution in [0, 0.1) is 11.3 Å². The van der Waals surface area contributed by atoms with E-state index < -0.39 is 0 Å². The van der Waals surface area contributed by atoms with Crippen molar-refractivity contribution in [1.82, 2.24) is 4.90 Å². The number of hydrogen-bond acceptors (Lipinski definition) is 2. The normalized spacial score (nSPS) is 26.2. The predicted molar refractivity (Wildman–Crippen MR) is 50.1 cm³/mol. The van der Waals surface area contributed by atoms with Crippen LogP contribution < -0.4 is 0 Å². The summed E-state index contributed by atoms with van der Waals surface area (Å²) in [5, 5.41) is 0. The second-order valence-corrected chi connectivity index (χ2v) is 4.86. The van der Waals surface area contributed by atoms with Crippen LogP contribution in [0.5, 0.6) is 0 Å². The van der Waals surface area contributed by atoms with Crippen molar-refractivity contribution in [2.24, 2.45) is 11.3 Å². The average Bonchev–Trinajstić information content (AvgIpc) is 2.32. The first-order valence-electron chi connectivity index (χ1n) is 4.64. The fraction of sp³-hybridized carbons (Fsp3) is 0.900. The lowest BCUT2D eigenvalue weighted by molar-refractivity contribution is -0.129. The van der Waals surface area contributed by atoms with Gasteiger partial charge in [0, 0.05) is 17.9 Å². The Bertz CT molecular complexity index is 181. The Morgan fingerprint density at radius 1 is 1.42 bits per heavy atom. The smallest absolute Gasteiger partial charge is 0.142 e. The Balaban J connectivity index is 2.55. The summed E-state index contributed by atoms with van der Waals surface area (Å²) in [4.78, 5) is 14.0. The van der Waals surface area contributed by atoms with Gasteiger partial charge in [-0.1, -0.05) is 20.8 Å². The Labute approximate surface area is 74.9 Å². The molecule has 0 bridgehead atoms. The zero-order valence-corrected chi connectivity index (χ0v) is 8.55. The highest BCUT2D eigenvalue weighted by molar-refractivity contribution is 5.86. The molecule has 1 heterocycles. The Morgan fingerprint density at radius 3 is 2.33 bits per heavy atom. The van der Waals surface area contributed by atoms with Gasteiger partial charge in [-0.25, -0.2) is 0 Å². The molecule has 0 N–H and O–H groups in total. The highest BCUT2D eigenvalue weighted by Gasteiger charge is 2.33. The number of likely N-dealkylation sites (tertiary alicyclic amines) is 1. The van der Waals surface area contributed by atoms with Crippen molar-refractivity contribution in [3.8, 4) is 0 Å². The molecule has 1 aliphatic rings.